The van der Waals surface area contributed by atoms with Crippen molar-refractivity contribution in [1.29, 1.82) is 0 Å². The van der Waals surface area contributed by atoms with Crippen LogP contribution in [-0.4, -0.2) is 44.3 Å². The van der Waals surface area contributed by atoms with Gasteiger partial charge in [0.2, 0.25) is 0 Å². The molecule has 0 rings (SSSR count). The van der Waals surface area contributed by atoms with Crippen LogP contribution in [0.1, 0.15) is 6.92 Å². The van der Waals surface area contributed by atoms with Crippen molar-refractivity contribution in [3.05, 3.63) is 23.8 Å². The second kappa shape index (κ2) is 8.65. The van der Waals surface area contributed by atoms with E-state index < -0.39 is 23.9 Å². The van der Waals surface area contributed by atoms with Crippen LogP contribution in [0.25, 0.3) is 0 Å². The molecule has 0 aromatic heterocycles. The number of rotatable bonds is 4. The number of hydrogen-bond acceptors (Lipinski definition) is 4. The van der Waals surface area contributed by atoms with Crippen molar-refractivity contribution in [1.82, 2.24) is 0 Å². The van der Waals surface area contributed by atoms with Crippen LogP contribution in [0.3, 0.4) is 0 Å². The Balaban J connectivity index is 0. The Morgan fingerprint density at radius 1 is 0.765 bits per heavy atom. The largest absolute Gasteiger partial charge is 0.478 e. The normalized spacial score (nSPS) is 10.3. The Hall–Kier alpha value is -2.64. The minimum atomic E-state index is -1.26. The maximum Gasteiger partial charge on any atom is 0.331 e. The second-order valence-electron chi connectivity index (χ2n) is 2.48. The Labute approximate surface area is 95.1 Å². The number of aliphatic carboxylic acids is 4. The van der Waals surface area contributed by atoms with Gasteiger partial charge in [-0.15, -0.1) is 0 Å². The summed E-state index contributed by atoms with van der Waals surface area (Å²) in [6.45, 7) is 1.22. The van der Waals surface area contributed by atoms with Crippen LogP contribution >= 0.6 is 0 Å². The monoisotopic (exact) mass is 246 g/mol. The Bertz CT molecular complexity index is 360. The first-order valence-corrected chi connectivity index (χ1v) is 3.95. The van der Waals surface area contributed by atoms with Gasteiger partial charge in [-0.25, -0.2) is 19.2 Å². The summed E-state index contributed by atoms with van der Waals surface area (Å²) in [4.78, 5) is 38.8. The number of carboxylic acid groups (broad SMARTS) is 4. The summed E-state index contributed by atoms with van der Waals surface area (Å²) in [5.74, 6) is -4.97. The maximum absolute atomic E-state index is 9.90. The molecule has 0 saturated heterocycles. The first kappa shape index (κ1) is 16.8. The third-order valence-corrected chi connectivity index (χ3v) is 1.05. The molecule has 0 unspecified atom stereocenters. The fourth-order valence-electron chi connectivity index (χ4n) is 0.390. The fourth-order valence-corrected chi connectivity index (χ4v) is 0.390. The topological polar surface area (TPSA) is 149 Å². The van der Waals surface area contributed by atoms with Crippen molar-refractivity contribution < 1.29 is 39.6 Å². The fraction of sp³-hybridized carbons (Fsp3) is 0.111. The van der Waals surface area contributed by atoms with Crippen LogP contribution in [0, 0.1) is 0 Å². The first-order valence-electron chi connectivity index (χ1n) is 3.95. The van der Waals surface area contributed by atoms with Gasteiger partial charge in [-0.2, -0.15) is 0 Å². The van der Waals surface area contributed by atoms with Gasteiger partial charge in [-0.3, -0.25) is 0 Å². The van der Waals surface area contributed by atoms with Gasteiger partial charge < -0.3 is 20.4 Å². The summed E-state index contributed by atoms with van der Waals surface area (Å²) in [5, 5.41) is 31.7. The van der Waals surface area contributed by atoms with Crippen molar-refractivity contribution in [3.8, 4) is 0 Å². The highest BCUT2D eigenvalue weighted by atomic mass is 16.4. The smallest absolute Gasteiger partial charge is 0.331 e. The first-order chi connectivity index (χ1) is 7.66. The molecule has 0 aliphatic heterocycles. The average molecular weight is 246 g/mol. The van der Waals surface area contributed by atoms with Gasteiger partial charge in [0.05, 0.1) is 0 Å². The number of carbonyl (C=O) groups is 4. The van der Waals surface area contributed by atoms with Gasteiger partial charge in [-0.1, -0.05) is 0 Å². The predicted molar refractivity (Wildman–Crippen MR) is 53.4 cm³/mol. The van der Waals surface area contributed by atoms with E-state index in [-0.39, 0.29) is 5.57 Å². The molecule has 4 N–H and O–H groups in total. The highest BCUT2D eigenvalue weighted by Gasteiger charge is 2.00. The van der Waals surface area contributed by atoms with E-state index in [1.165, 1.54) is 6.92 Å². The van der Waals surface area contributed by atoms with Gasteiger partial charge in [0.1, 0.15) is 0 Å². The summed E-state index contributed by atoms with van der Waals surface area (Å²) < 4.78 is 0. The molecule has 17 heavy (non-hydrogen) atoms. The van der Waals surface area contributed by atoms with Gasteiger partial charge in [-0.05, 0) is 6.92 Å². The van der Waals surface area contributed by atoms with Gasteiger partial charge in [0.25, 0.3) is 0 Å². The zero-order valence-electron chi connectivity index (χ0n) is 8.65. The number of hydrogen-bond donors (Lipinski definition) is 4. The molecule has 0 heterocycles. The lowest BCUT2D eigenvalue weighted by Gasteiger charge is -1.86. The second-order valence-corrected chi connectivity index (χ2v) is 2.48. The van der Waals surface area contributed by atoms with E-state index in [2.05, 4.69) is 0 Å². The van der Waals surface area contributed by atoms with Crippen LogP contribution in [0.4, 0.5) is 0 Å². The minimum absolute atomic E-state index is 0.178. The standard InChI is InChI=1S/C5H6O4.C4H4O4/c1-3(5(8)9)2-4(6)7;5-3(6)1-2-4(7)8/h2H,1H3,(H,6,7)(H,8,9);1-2H,(H,5,6)(H,7,8). The summed E-state index contributed by atoms with van der Waals surface area (Å²) in [6, 6.07) is 0. The molecule has 0 fully saturated rings. The molecule has 0 saturated carbocycles. The molecule has 0 amide bonds. The van der Waals surface area contributed by atoms with Crippen LogP contribution in [-0.2, 0) is 19.2 Å². The zero-order valence-corrected chi connectivity index (χ0v) is 8.65. The van der Waals surface area contributed by atoms with Crippen molar-refractivity contribution >= 4 is 23.9 Å². The van der Waals surface area contributed by atoms with Crippen LogP contribution in [0.15, 0.2) is 23.8 Å². The van der Waals surface area contributed by atoms with E-state index in [0.717, 1.165) is 0 Å². The molecule has 0 spiro atoms. The van der Waals surface area contributed by atoms with Crippen LogP contribution in [0.5, 0.6) is 0 Å². The van der Waals surface area contributed by atoms with E-state index in [4.69, 9.17) is 20.4 Å². The van der Waals surface area contributed by atoms with E-state index in [1.807, 2.05) is 0 Å². The van der Waals surface area contributed by atoms with Gasteiger partial charge in [0, 0.05) is 23.8 Å². The summed E-state index contributed by atoms with van der Waals surface area (Å²) in [6.07, 6.45) is 1.76. The van der Waals surface area contributed by atoms with Crippen LogP contribution in [0.2, 0.25) is 0 Å². The molecule has 0 radical (unpaired) electrons. The van der Waals surface area contributed by atoms with E-state index in [1.54, 1.807) is 0 Å². The molecule has 0 aliphatic carbocycles. The molecular formula is C9H10O8. The highest BCUT2D eigenvalue weighted by Crippen LogP contribution is 1.89. The molecule has 0 bridgehead atoms. The lowest BCUT2D eigenvalue weighted by Crippen LogP contribution is -1.99. The third-order valence-electron chi connectivity index (χ3n) is 1.05. The highest BCUT2D eigenvalue weighted by molar-refractivity contribution is 5.94. The summed E-state index contributed by atoms with van der Waals surface area (Å²) >= 11 is 0. The summed E-state index contributed by atoms with van der Waals surface area (Å²) in [7, 11) is 0. The number of carboxylic acids is 4. The van der Waals surface area contributed by atoms with Gasteiger partial charge >= 0.3 is 23.9 Å². The van der Waals surface area contributed by atoms with E-state index in [9.17, 15) is 19.2 Å². The molecule has 8 nitrogen and oxygen atoms in total. The van der Waals surface area contributed by atoms with E-state index in [0.29, 0.717) is 18.2 Å². The van der Waals surface area contributed by atoms with Crippen molar-refractivity contribution in [2.45, 2.75) is 6.92 Å². The Kier molecular flexibility index (Phi) is 8.54. The zero-order chi connectivity index (χ0) is 14.0. The maximum atomic E-state index is 9.90. The molecule has 0 aromatic carbocycles. The summed E-state index contributed by atoms with van der Waals surface area (Å²) in [5.41, 5.74) is -0.178. The molecule has 0 aliphatic rings. The van der Waals surface area contributed by atoms with Crippen molar-refractivity contribution in [2.24, 2.45) is 0 Å². The van der Waals surface area contributed by atoms with E-state index >= 15 is 0 Å². The lowest BCUT2D eigenvalue weighted by atomic mass is 10.3. The quantitative estimate of drug-likeness (QED) is 0.498. The molecule has 94 valence electrons. The molecule has 0 atom stereocenters. The molecule has 8 heteroatoms. The van der Waals surface area contributed by atoms with Gasteiger partial charge in [0.15, 0.2) is 0 Å². The predicted octanol–water partition coefficient (Wildman–Crippen LogP) is -0.186. The average Bonchev–Trinajstić information content (AvgIpc) is 2.14. The lowest BCUT2D eigenvalue weighted by molar-refractivity contribution is -0.135. The Morgan fingerprint density at radius 2 is 1.12 bits per heavy atom. The Morgan fingerprint density at radius 3 is 1.24 bits per heavy atom. The van der Waals surface area contributed by atoms with Crippen LogP contribution < -0.4 is 0 Å². The van der Waals surface area contributed by atoms with Crippen molar-refractivity contribution in [3.63, 3.8) is 0 Å². The molecule has 0 aromatic rings. The minimum Gasteiger partial charge on any atom is -0.478 e. The SMILES string of the molecule is CC(=CC(=O)O)C(=O)O.O=C(O)C=CC(=O)O. The third kappa shape index (κ3) is 16.1. The van der Waals surface area contributed by atoms with Crippen molar-refractivity contribution in [2.75, 3.05) is 0 Å². The molecular weight excluding hydrogens is 236 g/mol.